The van der Waals surface area contributed by atoms with Gasteiger partial charge in [0.1, 0.15) is 0 Å². The highest BCUT2D eigenvalue weighted by Crippen LogP contribution is 2.38. The van der Waals surface area contributed by atoms with Gasteiger partial charge in [-0.1, -0.05) is 6.42 Å². The van der Waals surface area contributed by atoms with Gasteiger partial charge in [-0.05, 0) is 26.8 Å². The van der Waals surface area contributed by atoms with Crippen molar-refractivity contribution in [3.05, 3.63) is 0 Å². The molecule has 0 amide bonds. The van der Waals surface area contributed by atoms with Gasteiger partial charge >= 0.3 is 0 Å². The standard InChI is InChI=1S/C12H26N2O3S/c1-4-17-9-8-14(2)12(10-13)7-5-6-11(12)18(3,15)16/h11H,4-10,13H2,1-3H3. The van der Waals surface area contributed by atoms with Crippen LogP contribution in [0.25, 0.3) is 0 Å². The lowest BCUT2D eigenvalue weighted by atomic mass is 9.95. The Kier molecular flexibility index (Phi) is 5.58. The minimum absolute atomic E-state index is 0.346. The van der Waals surface area contributed by atoms with E-state index >= 15 is 0 Å². The number of sulfone groups is 1. The number of nitrogens with zero attached hydrogens (tertiary/aromatic N) is 1. The molecule has 0 aromatic heterocycles. The third kappa shape index (κ3) is 3.23. The third-order valence-electron chi connectivity index (χ3n) is 4.08. The lowest BCUT2D eigenvalue weighted by molar-refractivity contribution is 0.0718. The van der Waals surface area contributed by atoms with Crippen molar-refractivity contribution in [1.29, 1.82) is 0 Å². The summed E-state index contributed by atoms with van der Waals surface area (Å²) < 4.78 is 29.2. The Morgan fingerprint density at radius 2 is 2.17 bits per heavy atom. The van der Waals surface area contributed by atoms with Crippen molar-refractivity contribution in [2.45, 2.75) is 37.0 Å². The van der Waals surface area contributed by atoms with Crippen molar-refractivity contribution >= 4 is 9.84 Å². The fraction of sp³-hybridized carbons (Fsp3) is 1.00. The lowest BCUT2D eigenvalue weighted by Crippen LogP contribution is -2.59. The molecule has 5 nitrogen and oxygen atoms in total. The van der Waals surface area contributed by atoms with Gasteiger partial charge in [0.05, 0.1) is 11.9 Å². The summed E-state index contributed by atoms with van der Waals surface area (Å²) in [5.74, 6) is 0. The summed E-state index contributed by atoms with van der Waals surface area (Å²) in [6.07, 6.45) is 3.82. The molecule has 0 heterocycles. The van der Waals surface area contributed by atoms with Crippen molar-refractivity contribution in [3.63, 3.8) is 0 Å². The van der Waals surface area contributed by atoms with E-state index in [0.29, 0.717) is 19.8 Å². The van der Waals surface area contributed by atoms with E-state index < -0.39 is 15.4 Å². The highest BCUT2D eigenvalue weighted by molar-refractivity contribution is 7.91. The van der Waals surface area contributed by atoms with Gasteiger partial charge in [-0.2, -0.15) is 0 Å². The molecule has 0 aromatic rings. The summed E-state index contributed by atoms with van der Waals surface area (Å²) in [6, 6.07) is 0. The first-order valence-electron chi connectivity index (χ1n) is 6.56. The molecule has 1 aliphatic carbocycles. The molecule has 18 heavy (non-hydrogen) atoms. The number of nitrogens with two attached hydrogens (primary N) is 1. The molecule has 6 heteroatoms. The van der Waals surface area contributed by atoms with Crippen LogP contribution in [0.4, 0.5) is 0 Å². The van der Waals surface area contributed by atoms with Crippen molar-refractivity contribution < 1.29 is 13.2 Å². The number of likely N-dealkylation sites (N-methyl/N-ethyl adjacent to an activating group) is 1. The zero-order valence-corrected chi connectivity index (χ0v) is 12.5. The molecule has 2 unspecified atom stereocenters. The zero-order chi connectivity index (χ0) is 13.8. The molecule has 0 aliphatic heterocycles. The highest BCUT2D eigenvalue weighted by atomic mass is 32.2. The van der Waals surface area contributed by atoms with Crippen LogP contribution in [-0.4, -0.2) is 63.7 Å². The topological polar surface area (TPSA) is 72.6 Å². The summed E-state index contributed by atoms with van der Waals surface area (Å²) in [6.45, 7) is 4.35. The van der Waals surface area contributed by atoms with E-state index in [2.05, 4.69) is 4.90 Å². The van der Waals surface area contributed by atoms with E-state index in [1.54, 1.807) is 0 Å². The Balaban J connectivity index is 2.83. The molecule has 0 bridgehead atoms. The second-order valence-electron chi connectivity index (χ2n) is 5.14. The van der Waals surface area contributed by atoms with Crippen LogP contribution in [0.3, 0.4) is 0 Å². The van der Waals surface area contributed by atoms with Gasteiger partial charge in [0, 0.05) is 31.5 Å². The van der Waals surface area contributed by atoms with Crippen LogP contribution < -0.4 is 5.73 Å². The van der Waals surface area contributed by atoms with Crippen molar-refractivity contribution in [2.24, 2.45) is 5.73 Å². The maximum absolute atomic E-state index is 11.9. The minimum atomic E-state index is -3.06. The third-order valence-corrected chi connectivity index (χ3v) is 5.79. The normalized spacial score (nSPS) is 29.1. The monoisotopic (exact) mass is 278 g/mol. The zero-order valence-electron chi connectivity index (χ0n) is 11.7. The number of ether oxygens (including phenoxy) is 1. The smallest absolute Gasteiger partial charge is 0.152 e. The van der Waals surface area contributed by atoms with Crippen molar-refractivity contribution in [2.75, 3.05) is 39.6 Å². The maximum atomic E-state index is 11.9. The molecule has 0 radical (unpaired) electrons. The highest BCUT2D eigenvalue weighted by Gasteiger charge is 2.49. The van der Waals surface area contributed by atoms with Gasteiger partial charge in [0.15, 0.2) is 9.84 Å². The SMILES string of the molecule is CCOCCN(C)C1(CN)CCCC1S(C)(=O)=O. The van der Waals surface area contributed by atoms with Crippen LogP contribution in [0, 0.1) is 0 Å². The molecule has 0 spiro atoms. The molecular weight excluding hydrogens is 252 g/mol. The van der Waals surface area contributed by atoms with Gasteiger partial charge in [0.2, 0.25) is 0 Å². The van der Waals surface area contributed by atoms with Crippen molar-refractivity contribution in [1.82, 2.24) is 4.90 Å². The van der Waals surface area contributed by atoms with Gasteiger partial charge in [-0.15, -0.1) is 0 Å². The molecular formula is C12H26N2O3S. The van der Waals surface area contributed by atoms with Gasteiger partial charge < -0.3 is 10.5 Å². The van der Waals surface area contributed by atoms with Gasteiger partial charge in [-0.25, -0.2) is 8.42 Å². The van der Waals surface area contributed by atoms with E-state index in [9.17, 15) is 8.42 Å². The van der Waals surface area contributed by atoms with E-state index in [-0.39, 0.29) is 5.25 Å². The fourth-order valence-corrected chi connectivity index (χ4v) is 4.82. The van der Waals surface area contributed by atoms with E-state index in [1.165, 1.54) is 6.26 Å². The Hall–Kier alpha value is -0.170. The fourth-order valence-electron chi connectivity index (χ4n) is 3.03. The number of hydrogen-bond acceptors (Lipinski definition) is 5. The van der Waals surface area contributed by atoms with Crippen LogP contribution in [0.1, 0.15) is 26.2 Å². The van der Waals surface area contributed by atoms with Crippen molar-refractivity contribution in [3.8, 4) is 0 Å². The van der Waals surface area contributed by atoms with Crippen LogP contribution in [0.2, 0.25) is 0 Å². The minimum Gasteiger partial charge on any atom is -0.380 e. The first-order valence-corrected chi connectivity index (χ1v) is 8.52. The first-order chi connectivity index (χ1) is 8.38. The Morgan fingerprint density at radius 1 is 1.50 bits per heavy atom. The summed E-state index contributed by atoms with van der Waals surface area (Å²) in [5.41, 5.74) is 5.50. The summed E-state index contributed by atoms with van der Waals surface area (Å²) >= 11 is 0. The maximum Gasteiger partial charge on any atom is 0.152 e. The Labute approximate surface area is 111 Å². The molecule has 108 valence electrons. The molecule has 1 saturated carbocycles. The molecule has 1 aliphatic rings. The van der Waals surface area contributed by atoms with E-state index in [4.69, 9.17) is 10.5 Å². The molecule has 1 fully saturated rings. The van der Waals surface area contributed by atoms with Crippen LogP contribution in [0.15, 0.2) is 0 Å². The number of rotatable bonds is 7. The van der Waals surface area contributed by atoms with Gasteiger partial charge in [0.25, 0.3) is 0 Å². The van der Waals surface area contributed by atoms with Gasteiger partial charge in [-0.3, -0.25) is 4.90 Å². The van der Waals surface area contributed by atoms with E-state index in [1.807, 2.05) is 14.0 Å². The Bertz CT molecular complexity index is 358. The number of hydrogen-bond donors (Lipinski definition) is 1. The molecule has 0 aromatic carbocycles. The van der Waals surface area contributed by atoms with E-state index in [0.717, 1.165) is 25.8 Å². The Morgan fingerprint density at radius 3 is 2.67 bits per heavy atom. The second-order valence-corrected chi connectivity index (χ2v) is 7.36. The summed E-state index contributed by atoms with van der Waals surface area (Å²) in [4.78, 5) is 2.08. The predicted molar refractivity (Wildman–Crippen MR) is 73.4 cm³/mol. The first kappa shape index (κ1) is 15.9. The molecule has 0 saturated heterocycles. The van der Waals surface area contributed by atoms with Crippen LogP contribution in [0.5, 0.6) is 0 Å². The average molecular weight is 278 g/mol. The van der Waals surface area contributed by atoms with Crippen LogP contribution >= 0.6 is 0 Å². The predicted octanol–water partition coefficient (Wildman–Crippen LogP) is 0.249. The lowest BCUT2D eigenvalue weighted by Gasteiger charge is -2.42. The summed E-state index contributed by atoms with van der Waals surface area (Å²) in [7, 11) is -1.11. The van der Waals surface area contributed by atoms with Crippen LogP contribution in [-0.2, 0) is 14.6 Å². The quantitative estimate of drug-likeness (QED) is 0.676. The largest absolute Gasteiger partial charge is 0.380 e. The molecule has 1 rings (SSSR count). The summed E-state index contributed by atoms with van der Waals surface area (Å²) in [5, 5.41) is -0.346. The molecule has 2 atom stereocenters. The second kappa shape index (κ2) is 6.32. The molecule has 2 N–H and O–H groups in total. The average Bonchev–Trinajstić information content (AvgIpc) is 2.74.